The lowest BCUT2D eigenvalue weighted by Gasteiger charge is -2.08. The van der Waals surface area contributed by atoms with E-state index in [0.29, 0.717) is 6.61 Å². The van der Waals surface area contributed by atoms with E-state index in [1.54, 1.807) is 19.3 Å². The number of nitrogens with one attached hydrogen (secondary N) is 1. The zero-order valence-corrected chi connectivity index (χ0v) is 11.3. The first kappa shape index (κ1) is 14.0. The first-order valence-corrected chi connectivity index (χ1v) is 6.49. The van der Waals surface area contributed by atoms with Crippen molar-refractivity contribution in [1.82, 2.24) is 4.98 Å². The standard InChI is InChI=1S/C15H16N2O3/c1-2-20-15(19)7-6-14(18)17-13-5-3-4-11-10-16-9-8-12(11)13/h3-5,8-10H,2,6-7H2,1H3,(H,17,18). The second kappa shape index (κ2) is 6.65. The van der Waals surface area contributed by atoms with E-state index < -0.39 is 0 Å². The van der Waals surface area contributed by atoms with Gasteiger partial charge in [-0.2, -0.15) is 0 Å². The molecule has 0 unspecified atom stereocenters. The SMILES string of the molecule is CCOC(=O)CCC(=O)Nc1cccc2cnccc12. The van der Waals surface area contributed by atoms with Crippen LogP contribution in [0, 0.1) is 0 Å². The van der Waals surface area contributed by atoms with E-state index in [-0.39, 0.29) is 24.7 Å². The summed E-state index contributed by atoms with van der Waals surface area (Å²) in [4.78, 5) is 27.1. The van der Waals surface area contributed by atoms with Gasteiger partial charge in [0.05, 0.1) is 13.0 Å². The molecule has 1 amide bonds. The Kier molecular flexibility index (Phi) is 4.65. The minimum absolute atomic E-state index is 0.0893. The second-order valence-electron chi connectivity index (χ2n) is 4.26. The lowest BCUT2D eigenvalue weighted by Crippen LogP contribution is -2.14. The van der Waals surface area contributed by atoms with Crippen LogP contribution in [0.25, 0.3) is 10.8 Å². The van der Waals surface area contributed by atoms with Crippen LogP contribution in [0.1, 0.15) is 19.8 Å². The molecule has 0 spiro atoms. The number of rotatable bonds is 5. The van der Waals surface area contributed by atoms with Crippen molar-refractivity contribution in [3.05, 3.63) is 36.7 Å². The van der Waals surface area contributed by atoms with Crippen LogP contribution in [-0.2, 0) is 14.3 Å². The van der Waals surface area contributed by atoms with Gasteiger partial charge in [0.1, 0.15) is 0 Å². The van der Waals surface area contributed by atoms with Crippen molar-refractivity contribution in [3.63, 3.8) is 0 Å². The molecule has 104 valence electrons. The Morgan fingerprint density at radius 1 is 1.25 bits per heavy atom. The summed E-state index contributed by atoms with van der Waals surface area (Å²) < 4.78 is 4.79. The van der Waals surface area contributed by atoms with Crippen molar-refractivity contribution < 1.29 is 14.3 Å². The highest BCUT2D eigenvalue weighted by molar-refractivity contribution is 6.02. The Morgan fingerprint density at radius 3 is 2.90 bits per heavy atom. The molecule has 5 nitrogen and oxygen atoms in total. The molecule has 1 aromatic carbocycles. The molecule has 1 heterocycles. The Hall–Kier alpha value is -2.43. The maximum atomic E-state index is 11.8. The molecule has 1 N–H and O–H groups in total. The molecule has 0 aliphatic carbocycles. The number of pyridine rings is 1. The third-order valence-electron chi connectivity index (χ3n) is 2.82. The van der Waals surface area contributed by atoms with Crippen molar-refractivity contribution in [2.45, 2.75) is 19.8 Å². The molecule has 2 rings (SSSR count). The molecule has 0 fully saturated rings. The van der Waals surface area contributed by atoms with E-state index in [0.717, 1.165) is 16.5 Å². The van der Waals surface area contributed by atoms with E-state index in [4.69, 9.17) is 4.74 Å². The molecule has 0 aliphatic heterocycles. The van der Waals surface area contributed by atoms with Crippen molar-refractivity contribution in [3.8, 4) is 0 Å². The number of nitrogens with zero attached hydrogens (tertiary/aromatic N) is 1. The minimum Gasteiger partial charge on any atom is -0.466 e. The van der Waals surface area contributed by atoms with Gasteiger partial charge in [0.25, 0.3) is 0 Å². The molecule has 0 saturated heterocycles. The Labute approximate surface area is 117 Å². The van der Waals surface area contributed by atoms with Crippen molar-refractivity contribution in [2.75, 3.05) is 11.9 Å². The Morgan fingerprint density at radius 2 is 2.10 bits per heavy atom. The van der Waals surface area contributed by atoms with E-state index in [9.17, 15) is 9.59 Å². The van der Waals surface area contributed by atoms with Gasteiger partial charge in [-0.15, -0.1) is 0 Å². The van der Waals surface area contributed by atoms with Crippen molar-refractivity contribution in [1.29, 1.82) is 0 Å². The molecule has 0 saturated carbocycles. The van der Waals surface area contributed by atoms with Crippen LogP contribution in [-0.4, -0.2) is 23.5 Å². The largest absolute Gasteiger partial charge is 0.466 e. The summed E-state index contributed by atoms with van der Waals surface area (Å²) in [6.45, 7) is 2.07. The quantitative estimate of drug-likeness (QED) is 0.849. The van der Waals surface area contributed by atoms with Gasteiger partial charge in [0.2, 0.25) is 5.91 Å². The zero-order chi connectivity index (χ0) is 14.4. The minimum atomic E-state index is -0.357. The number of hydrogen-bond acceptors (Lipinski definition) is 4. The summed E-state index contributed by atoms with van der Waals surface area (Å²) in [5, 5.41) is 4.69. The molecule has 5 heteroatoms. The predicted octanol–water partition coefficient (Wildman–Crippen LogP) is 2.52. The third kappa shape index (κ3) is 3.54. The number of benzene rings is 1. The van der Waals surface area contributed by atoms with Gasteiger partial charge in [-0.1, -0.05) is 12.1 Å². The van der Waals surface area contributed by atoms with Gasteiger partial charge in [-0.25, -0.2) is 0 Å². The van der Waals surface area contributed by atoms with Crippen LogP contribution < -0.4 is 5.32 Å². The fraction of sp³-hybridized carbons (Fsp3) is 0.267. The first-order chi connectivity index (χ1) is 9.70. The molecular formula is C15H16N2O3. The lowest BCUT2D eigenvalue weighted by atomic mass is 10.1. The van der Waals surface area contributed by atoms with Crippen LogP contribution in [0.3, 0.4) is 0 Å². The Balaban J connectivity index is 2.01. The maximum Gasteiger partial charge on any atom is 0.306 e. The topological polar surface area (TPSA) is 68.3 Å². The lowest BCUT2D eigenvalue weighted by molar-refractivity contribution is -0.144. The predicted molar refractivity (Wildman–Crippen MR) is 76.2 cm³/mol. The molecule has 2 aromatic rings. The van der Waals surface area contributed by atoms with Crippen LogP contribution in [0.4, 0.5) is 5.69 Å². The zero-order valence-electron chi connectivity index (χ0n) is 11.3. The summed E-state index contributed by atoms with van der Waals surface area (Å²) in [6, 6.07) is 7.45. The highest BCUT2D eigenvalue weighted by Gasteiger charge is 2.09. The number of esters is 1. The van der Waals surface area contributed by atoms with E-state index in [2.05, 4.69) is 10.3 Å². The molecule has 20 heavy (non-hydrogen) atoms. The summed E-state index contributed by atoms with van der Waals surface area (Å²) >= 11 is 0. The van der Waals surface area contributed by atoms with E-state index in [1.807, 2.05) is 24.3 Å². The van der Waals surface area contributed by atoms with E-state index in [1.165, 1.54) is 0 Å². The number of fused-ring (bicyclic) bond motifs is 1. The Bertz CT molecular complexity index is 620. The normalized spacial score (nSPS) is 10.2. The summed E-state index contributed by atoms with van der Waals surface area (Å²) in [5.41, 5.74) is 0.721. The number of carbonyl (C=O) groups excluding carboxylic acids is 2. The van der Waals surface area contributed by atoms with Gasteiger partial charge in [0.15, 0.2) is 0 Å². The van der Waals surface area contributed by atoms with Crippen LogP contribution in [0.15, 0.2) is 36.7 Å². The average molecular weight is 272 g/mol. The van der Waals surface area contributed by atoms with Crippen LogP contribution >= 0.6 is 0 Å². The van der Waals surface area contributed by atoms with Crippen LogP contribution in [0.5, 0.6) is 0 Å². The smallest absolute Gasteiger partial charge is 0.306 e. The van der Waals surface area contributed by atoms with Gasteiger partial charge in [-0.05, 0) is 19.1 Å². The molecule has 0 radical (unpaired) electrons. The first-order valence-electron chi connectivity index (χ1n) is 6.49. The number of carbonyl (C=O) groups is 2. The average Bonchev–Trinajstić information content (AvgIpc) is 2.46. The maximum absolute atomic E-state index is 11.8. The molecule has 0 aliphatic rings. The third-order valence-corrected chi connectivity index (χ3v) is 2.82. The molecule has 0 atom stereocenters. The number of amides is 1. The number of hydrogen-bond donors (Lipinski definition) is 1. The van der Waals surface area contributed by atoms with E-state index >= 15 is 0 Å². The van der Waals surface area contributed by atoms with Gasteiger partial charge in [0, 0.05) is 35.3 Å². The van der Waals surface area contributed by atoms with Crippen molar-refractivity contribution in [2.24, 2.45) is 0 Å². The van der Waals surface area contributed by atoms with Crippen molar-refractivity contribution >= 4 is 28.3 Å². The van der Waals surface area contributed by atoms with Gasteiger partial charge in [-0.3, -0.25) is 14.6 Å². The highest BCUT2D eigenvalue weighted by Crippen LogP contribution is 2.22. The molecule has 0 bridgehead atoms. The number of ether oxygens (including phenoxy) is 1. The van der Waals surface area contributed by atoms with Crippen LogP contribution in [0.2, 0.25) is 0 Å². The summed E-state index contributed by atoms with van der Waals surface area (Å²) in [7, 11) is 0. The summed E-state index contributed by atoms with van der Waals surface area (Å²) in [5.74, 6) is -0.563. The van der Waals surface area contributed by atoms with Gasteiger partial charge >= 0.3 is 5.97 Å². The number of aromatic nitrogens is 1. The fourth-order valence-corrected chi connectivity index (χ4v) is 1.89. The van der Waals surface area contributed by atoms with Gasteiger partial charge < -0.3 is 10.1 Å². The highest BCUT2D eigenvalue weighted by atomic mass is 16.5. The molecule has 1 aromatic heterocycles. The fourth-order valence-electron chi connectivity index (χ4n) is 1.89. The second-order valence-corrected chi connectivity index (χ2v) is 4.26. The number of anilines is 1. The monoisotopic (exact) mass is 272 g/mol. The summed E-state index contributed by atoms with van der Waals surface area (Å²) in [6.07, 6.45) is 3.62. The molecular weight excluding hydrogens is 256 g/mol.